The van der Waals surface area contributed by atoms with Gasteiger partial charge in [-0.3, -0.25) is 4.79 Å². The van der Waals surface area contributed by atoms with Crippen molar-refractivity contribution >= 4 is 46.0 Å². The minimum Gasteiger partial charge on any atom is -0.358 e. The third-order valence-electron chi connectivity index (χ3n) is 4.86. The van der Waals surface area contributed by atoms with Crippen LogP contribution in [0.3, 0.4) is 0 Å². The summed E-state index contributed by atoms with van der Waals surface area (Å²) in [5.41, 5.74) is 3.56. The smallest absolute Gasteiger partial charge is 0.248 e. The van der Waals surface area contributed by atoms with Gasteiger partial charge in [0.25, 0.3) is 0 Å². The highest BCUT2D eigenvalue weighted by molar-refractivity contribution is 6.32. The molecule has 30 heavy (non-hydrogen) atoms. The Hall–Kier alpha value is -2.89. The molecule has 0 bridgehead atoms. The fourth-order valence-corrected chi connectivity index (χ4v) is 3.27. The van der Waals surface area contributed by atoms with Crippen molar-refractivity contribution in [3.63, 3.8) is 0 Å². The number of likely N-dealkylation sites (N-methyl/N-ethyl adjacent to an activating group) is 2. The minimum absolute atomic E-state index is 0.208. The van der Waals surface area contributed by atoms with Crippen LogP contribution in [0.15, 0.2) is 54.6 Å². The SMILES string of the molecule is Cc1cc(N(C)CCN(C)C)nc2ccc(NC(=O)/C=C/c3ccccc3Cl)cc12. The predicted octanol–water partition coefficient (Wildman–Crippen LogP) is 4.85. The molecule has 0 radical (unpaired) electrons. The summed E-state index contributed by atoms with van der Waals surface area (Å²) >= 11 is 6.13. The molecule has 0 saturated carbocycles. The summed E-state index contributed by atoms with van der Waals surface area (Å²) in [5.74, 6) is 0.737. The summed E-state index contributed by atoms with van der Waals surface area (Å²) in [6.07, 6.45) is 3.20. The average molecular weight is 423 g/mol. The van der Waals surface area contributed by atoms with Crippen LogP contribution < -0.4 is 10.2 Å². The van der Waals surface area contributed by atoms with Gasteiger partial charge in [0.05, 0.1) is 5.52 Å². The van der Waals surface area contributed by atoms with Gasteiger partial charge in [-0.05, 0) is 68.6 Å². The van der Waals surface area contributed by atoms with Gasteiger partial charge in [0.15, 0.2) is 0 Å². The second-order valence-electron chi connectivity index (χ2n) is 7.60. The van der Waals surface area contributed by atoms with Crippen molar-refractivity contribution in [2.45, 2.75) is 6.92 Å². The number of aromatic nitrogens is 1. The van der Waals surface area contributed by atoms with Crippen LogP contribution in [-0.2, 0) is 4.79 Å². The number of amides is 1. The first-order valence-electron chi connectivity index (χ1n) is 9.84. The third kappa shape index (κ3) is 5.59. The van der Waals surface area contributed by atoms with Crippen molar-refractivity contribution in [2.75, 3.05) is 44.4 Å². The first-order chi connectivity index (χ1) is 14.3. The molecule has 1 amide bonds. The fourth-order valence-electron chi connectivity index (χ4n) is 3.07. The molecule has 0 unspecified atom stereocenters. The van der Waals surface area contributed by atoms with Crippen LogP contribution in [0, 0.1) is 6.92 Å². The van der Waals surface area contributed by atoms with E-state index in [2.05, 4.69) is 49.2 Å². The highest BCUT2D eigenvalue weighted by Crippen LogP contribution is 2.25. The molecule has 0 aliphatic heterocycles. The van der Waals surface area contributed by atoms with Gasteiger partial charge in [-0.25, -0.2) is 4.98 Å². The molecule has 156 valence electrons. The highest BCUT2D eigenvalue weighted by Gasteiger charge is 2.09. The molecule has 1 N–H and O–H groups in total. The molecule has 1 aromatic heterocycles. The van der Waals surface area contributed by atoms with E-state index in [1.54, 1.807) is 12.1 Å². The summed E-state index contributed by atoms with van der Waals surface area (Å²) in [6, 6.07) is 15.3. The number of nitrogens with one attached hydrogen (secondary N) is 1. The Balaban J connectivity index is 1.75. The number of nitrogens with zero attached hydrogens (tertiary/aromatic N) is 3. The largest absolute Gasteiger partial charge is 0.358 e. The van der Waals surface area contributed by atoms with Crippen LogP contribution in [0.1, 0.15) is 11.1 Å². The molecule has 3 rings (SSSR count). The lowest BCUT2D eigenvalue weighted by Gasteiger charge is -2.21. The first kappa shape index (κ1) is 21.8. The van der Waals surface area contributed by atoms with Crippen molar-refractivity contribution < 1.29 is 4.79 Å². The Morgan fingerprint density at radius 3 is 2.60 bits per heavy atom. The van der Waals surface area contributed by atoms with E-state index < -0.39 is 0 Å². The molecule has 0 aliphatic rings. The lowest BCUT2D eigenvalue weighted by atomic mass is 10.1. The topological polar surface area (TPSA) is 48.5 Å². The zero-order valence-corrected chi connectivity index (χ0v) is 18.6. The zero-order valence-electron chi connectivity index (χ0n) is 17.8. The summed E-state index contributed by atoms with van der Waals surface area (Å²) < 4.78 is 0. The number of hydrogen-bond acceptors (Lipinski definition) is 4. The number of hydrogen-bond donors (Lipinski definition) is 1. The molecular formula is C24H27ClN4O. The van der Waals surface area contributed by atoms with Crippen molar-refractivity contribution in [2.24, 2.45) is 0 Å². The van der Waals surface area contributed by atoms with Gasteiger partial charge in [0.2, 0.25) is 5.91 Å². The number of pyridine rings is 1. The number of fused-ring (bicyclic) bond motifs is 1. The number of anilines is 2. The normalized spacial score (nSPS) is 11.4. The first-order valence-corrected chi connectivity index (χ1v) is 10.2. The molecule has 1 heterocycles. The maximum Gasteiger partial charge on any atom is 0.248 e. The molecule has 0 aliphatic carbocycles. The summed E-state index contributed by atoms with van der Waals surface area (Å²) in [5, 5.41) is 4.54. The van der Waals surface area contributed by atoms with Gasteiger partial charge in [0.1, 0.15) is 5.82 Å². The van der Waals surface area contributed by atoms with Gasteiger partial charge in [-0.1, -0.05) is 29.8 Å². The van der Waals surface area contributed by atoms with E-state index in [-0.39, 0.29) is 5.91 Å². The van der Waals surface area contributed by atoms with Crippen LogP contribution in [-0.4, -0.2) is 50.0 Å². The van der Waals surface area contributed by atoms with Crippen molar-refractivity contribution in [1.29, 1.82) is 0 Å². The molecule has 0 atom stereocenters. The molecule has 0 saturated heterocycles. The van der Waals surface area contributed by atoms with Crippen molar-refractivity contribution in [1.82, 2.24) is 9.88 Å². The van der Waals surface area contributed by atoms with E-state index in [4.69, 9.17) is 16.6 Å². The Kier molecular flexibility index (Phi) is 7.08. The molecule has 0 fully saturated rings. The van der Waals surface area contributed by atoms with E-state index in [9.17, 15) is 4.79 Å². The molecule has 2 aromatic carbocycles. The lowest BCUT2D eigenvalue weighted by molar-refractivity contribution is -0.111. The molecular weight excluding hydrogens is 396 g/mol. The fraction of sp³-hybridized carbons (Fsp3) is 0.250. The number of carbonyl (C=O) groups excluding carboxylic acids is 1. The van der Waals surface area contributed by atoms with Gasteiger partial charge < -0.3 is 15.1 Å². The van der Waals surface area contributed by atoms with Gasteiger partial charge in [-0.15, -0.1) is 0 Å². The second-order valence-corrected chi connectivity index (χ2v) is 8.01. The van der Waals surface area contributed by atoms with Crippen molar-refractivity contribution in [3.05, 3.63) is 70.8 Å². The predicted molar refractivity (Wildman–Crippen MR) is 127 cm³/mol. The number of halogens is 1. The Labute approximate surface area is 183 Å². The quantitative estimate of drug-likeness (QED) is 0.553. The van der Waals surface area contributed by atoms with Crippen molar-refractivity contribution in [3.8, 4) is 0 Å². The van der Waals surface area contributed by atoms with Crippen LogP contribution in [0.4, 0.5) is 11.5 Å². The molecule has 6 heteroatoms. The zero-order chi connectivity index (χ0) is 21.7. The average Bonchev–Trinajstić information content (AvgIpc) is 2.71. The second kappa shape index (κ2) is 9.74. The highest BCUT2D eigenvalue weighted by atomic mass is 35.5. The number of rotatable bonds is 7. The van der Waals surface area contributed by atoms with Gasteiger partial charge in [-0.2, -0.15) is 0 Å². The van der Waals surface area contributed by atoms with Crippen LogP contribution in [0.2, 0.25) is 5.02 Å². The monoisotopic (exact) mass is 422 g/mol. The Bertz CT molecular complexity index is 1080. The molecule has 0 spiro atoms. The Morgan fingerprint density at radius 2 is 1.87 bits per heavy atom. The summed E-state index contributed by atoms with van der Waals surface area (Å²) in [7, 11) is 6.18. The minimum atomic E-state index is -0.208. The number of aryl methyl sites for hydroxylation is 1. The van der Waals surface area contributed by atoms with E-state index in [0.717, 1.165) is 46.6 Å². The molecule has 5 nitrogen and oxygen atoms in total. The summed E-state index contributed by atoms with van der Waals surface area (Å²) in [6.45, 7) is 3.93. The Morgan fingerprint density at radius 1 is 1.10 bits per heavy atom. The van der Waals surface area contributed by atoms with Crippen LogP contribution in [0.5, 0.6) is 0 Å². The summed E-state index contributed by atoms with van der Waals surface area (Å²) in [4.78, 5) is 21.4. The molecule has 3 aromatic rings. The maximum atomic E-state index is 12.3. The third-order valence-corrected chi connectivity index (χ3v) is 5.21. The van der Waals surface area contributed by atoms with E-state index >= 15 is 0 Å². The lowest BCUT2D eigenvalue weighted by Crippen LogP contribution is -2.29. The van der Waals surface area contributed by atoms with Crippen LogP contribution in [0.25, 0.3) is 17.0 Å². The number of benzene rings is 2. The standard InChI is InChI=1S/C24H27ClN4O/c1-17-15-23(29(4)14-13-28(2)3)27-22-11-10-19(16-20(17)22)26-24(30)12-9-18-7-5-6-8-21(18)25/h5-12,15-16H,13-14H2,1-4H3,(H,26,30)/b12-9+. The van der Waals surface area contributed by atoms with Gasteiger partial charge >= 0.3 is 0 Å². The number of carbonyl (C=O) groups is 1. The van der Waals surface area contributed by atoms with E-state index in [1.165, 1.54) is 6.08 Å². The van der Waals surface area contributed by atoms with Crippen LogP contribution >= 0.6 is 11.6 Å². The maximum absolute atomic E-state index is 12.3. The van der Waals surface area contributed by atoms with Gasteiger partial charge in [0, 0.05) is 42.3 Å². The van der Waals surface area contributed by atoms with E-state index in [0.29, 0.717) is 5.02 Å². The van der Waals surface area contributed by atoms with E-state index in [1.807, 2.05) is 36.4 Å².